The topological polar surface area (TPSA) is 54.2 Å². The van der Waals surface area contributed by atoms with Gasteiger partial charge in [0.2, 0.25) is 5.89 Å². The van der Waals surface area contributed by atoms with Crippen LogP contribution in [0.1, 0.15) is 31.5 Å². The van der Waals surface area contributed by atoms with Crippen LogP contribution in [0, 0.1) is 12.8 Å². The maximum Gasteiger partial charge on any atom is 0.240 e. The third-order valence-corrected chi connectivity index (χ3v) is 3.62. The molecule has 1 aromatic rings. The largest absolute Gasteiger partial charge is 0.338 e. The van der Waals surface area contributed by atoms with Gasteiger partial charge in [-0.25, -0.2) is 0 Å². The number of hydrogen-bond donors (Lipinski definition) is 1. The molecular weight excluding hydrogens is 216 g/mol. The van der Waals surface area contributed by atoms with E-state index >= 15 is 0 Å². The predicted molar refractivity (Wildman–Crippen MR) is 65.6 cm³/mol. The zero-order chi connectivity index (χ0) is 12.3. The van der Waals surface area contributed by atoms with Crippen molar-refractivity contribution >= 4 is 0 Å². The Bertz CT molecular complexity index is 344. The summed E-state index contributed by atoms with van der Waals surface area (Å²) in [7, 11) is 2.19. The number of aromatic nitrogens is 2. The molecule has 5 nitrogen and oxygen atoms in total. The SMILES string of the molecule is Cc1noc(CNC(C)C2CCN(C)CC2)n1. The molecule has 5 heteroatoms. The number of hydrogen-bond acceptors (Lipinski definition) is 5. The summed E-state index contributed by atoms with van der Waals surface area (Å²) >= 11 is 0. The molecule has 1 unspecified atom stereocenters. The third kappa shape index (κ3) is 3.51. The van der Waals surface area contributed by atoms with Gasteiger partial charge in [0.1, 0.15) is 0 Å². The van der Waals surface area contributed by atoms with Gasteiger partial charge in [-0.15, -0.1) is 0 Å². The van der Waals surface area contributed by atoms with Gasteiger partial charge in [-0.2, -0.15) is 4.98 Å². The van der Waals surface area contributed by atoms with Crippen molar-refractivity contribution in [3.8, 4) is 0 Å². The first-order valence-electron chi connectivity index (χ1n) is 6.36. The van der Waals surface area contributed by atoms with Crippen LogP contribution in [0.25, 0.3) is 0 Å². The van der Waals surface area contributed by atoms with Crippen molar-refractivity contribution < 1.29 is 4.52 Å². The minimum absolute atomic E-state index is 0.510. The first-order valence-corrected chi connectivity index (χ1v) is 6.36. The standard InChI is InChI=1S/C12H22N4O/c1-9(11-4-6-16(3)7-5-11)13-8-12-14-10(2)15-17-12/h9,11,13H,4-8H2,1-3H3. The van der Waals surface area contributed by atoms with Crippen LogP contribution in [-0.2, 0) is 6.54 Å². The normalized spacial score (nSPS) is 20.6. The zero-order valence-electron chi connectivity index (χ0n) is 10.9. The fourth-order valence-corrected chi connectivity index (χ4v) is 2.36. The van der Waals surface area contributed by atoms with Crippen LogP contribution >= 0.6 is 0 Å². The molecule has 0 amide bonds. The number of piperidine rings is 1. The van der Waals surface area contributed by atoms with Gasteiger partial charge in [0, 0.05) is 6.04 Å². The Balaban J connectivity index is 1.75. The van der Waals surface area contributed by atoms with E-state index in [1.54, 1.807) is 0 Å². The number of aryl methyl sites for hydroxylation is 1. The molecule has 0 radical (unpaired) electrons. The lowest BCUT2D eigenvalue weighted by molar-refractivity contribution is 0.187. The fourth-order valence-electron chi connectivity index (χ4n) is 2.36. The first-order chi connectivity index (χ1) is 8.15. The average Bonchev–Trinajstić information content (AvgIpc) is 2.73. The Morgan fingerprint density at radius 2 is 2.18 bits per heavy atom. The molecule has 1 N–H and O–H groups in total. The minimum Gasteiger partial charge on any atom is -0.338 e. The maximum absolute atomic E-state index is 5.09. The molecule has 1 fully saturated rings. The Morgan fingerprint density at radius 3 is 2.76 bits per heavy atom. The molecule has 1 saturated heterocycles. The summed E-state index contributed by atoms with van der Waals surface area (Å²) in [6.07, 6.45) is 2.54. The molecule has 2 heterocycles. The molecule has 0 saturated carbocycles. The van der Waals surface area contributed by atoms with E-state index in [0.717, 1.165) is 5.92 Å². The van der Waals surface area contributed by atoms with E-state index in [0.29, 0.717) is 24.3 Å². The summed E-state index contributed by atoms with van der Waals surface area (Å²) in [6, 6.07) is 0.510. The number of rotatable bonds is 4. The summed E-state index contributed by atoms with van der Waals surface area (Å²) in [5, 5.41) is 7.27. The monoisotopic (exact) mass is 238 g/mol. The van der Waals surface area contributed by atoms with Crippen molar-refractivity contribution in [3.63, 3.8) is 0 Å². The highest BCUT2D eigenvalue weighted by Gasteiger charge is 2.22. The van der Waals surface area contributed by atoms with Crippen LogP contribution in [0.3, 0.4) is 0 Å². The molecule has 0 aliphatic carbocycles. The lowest BCUT2D eigenvalue weighted by Crippen LogP contribution is -2.40. The van der Waals surface area contributed by atoms with Crippen molar-refractivity contribution in [1.29, 1.82) is 0 Å². The second-order valence-corrected chi connectivity index (χ2v) is 5.05. The fraction of sp³-hybridized carbons (Fsp3) is 0.833. The molecule has 2 rings (SSSR count). The highest BCUT2D eigenvalue weighted by atomic mass is 16.5. The smallest absolute Gasteiger partial charge is 0.240 e. The summed E-state index contributed by atoms with van der Waals surface area (Å²) in [6.45, 7) is 7.17. The summed E-state index contributed by atoms with van der Waals surface area (Å²) in [4.78, 5) is 6.58. The molecule has 17 heavy (non-hydrogen) atoms. The van der Waals surface area contributed by atoms with E-state index in [1.807, 2.05) is 6.92 Å². The van der Waals surface area contributed by atoms with Gasteiger partial charge in [0.15, 0.2) is 5.82 Å². The second kappa shape index (κ2) is 5.60. The summed E-state index contributed by atoms with van der Waals surface area (Å²) < 4.78 is 5.09. The lowest BCUT2D eigenvalue weighted by atomic mass is 9.90. The van der Waals surface area contributed by atoms with Crippen LogP contribution < -0.4 is 5.32 Å². The van der Waals surface area contributed by atoms with E-state index in [1.165, 1.54) is 25.9 Å². The first kappa shape index (κ1) is 12.5. The Hall–Kier alpha value is -0.940. The van der Waals surface area contributed by atoms with Crippen molar-refractivity contribution in [1.82, 2.24) is 20.4 Å². The minimum atomic E-state index is 0.510. The summed E-state index contributed by atoms with van der Waals surface area (Å²) in [5.41, 5.74) is 0. The van der Waals surface area contributed by atoms with Crippen molar-refractivity contribution in [2.75, 3.05) is 20.1 Å². The average molecular weight is 238 g/mol. The van der Waals surface area contributed by atoms with Crippen molar-refractivity contribution in [3.05, 3.63) is 11.7 Å². The molecule has 1 aliphatic rings. The van der Waals surface area contributed by atoms with Gasteiger partial charge in [0.05, 0.1) is 6.54 Å². The Labute approximate surface area is 103 Å². The van der Waals surface area contributed by atoms with Crippen LogP contribution in [0.4, 0.5) is 0 Å². The van der Waals surface area contributed by atoms with Gasteiger partial charge in [-0.1, -0.05) is 5.16 Å². The maximum atomic E-state index is 5.09. The van der Waals surface area contributed by atoms with E-state index in [2.05, 4.69) is 34.3 Å². The van der Waals surface area contributed by atoms with Crippen LogP contribution in [-0.4, -0.2) is 41.2 Å². The van der Waals surface area contributed by atoms with Gasteiger partial charge in [0.25, 0.3) is 0 Å². The van der Waals surface area contributed by atoms with E-state index in [9.17, 15) is 0 Å². The van der Waals surface area contributed by atoms with E-state index < -0.39 is 0 Å². The molecule has 96 valence electrons. The third-order valence-electron chi connectivity index (χ3n) is 3.62. The predicted octanol–water partition coefficient (Wildman–Crippen LogP) is 1.20. The highest BCUT2D eigenvalue weighted by molar-refractivity contribution is 4.84. The molecule has 1 aromatic heterocycles. The molecule has 0 spiro atoms. The van der Waals surface area contributed by atoms with Crippen molar-refractivity contribution in [2.45, 2.75) is 39.3 Å². The molecule has 1 atom stereocenters. The molecule has 0 aromatic carbocycles. The van der Waals surface area contributed by atoms with E-state index in [4.69, 9.17) is 4.52 Å². The van der Waals surface area contributed by atoms with Gasteiger partial charge in [-0.05, 0) is 52.7 Å². The van der Waals surface area contributed by atoms with E-state index in [-0.39, 0.29) is 0 Å². The highest BCUT2D eigenvalue weighted by Crippen LogP contribution is 2.19. The summed E-state index contributed by atoms with van der Waals surface area (Å²) in [5.74, 6) is 2.14. The van der Waals surface area contributed by atoms with Crippen LogP contribution in [0.5, 0.6) is 0 Å². The molecular formula is C12H22N4O. The lowest BCUT2D eigenvalue weighted by Gasteiger charge is -2.32. The molecule has 0 bridgehead atoms. The number of nitrogens with zero attached hydrogens (tertiary/aromatic N) is 3. The van der Waals surface area contributed by atoms with Gasteiger partial charge in [-0.3, -0.25) is 0 Å². The van der Waals surface area contributed by atoms with Crippen molar-refractivity contribution in [2.24, 2.45) is 5.92 Å². The van der Waals surface area contributed by atoms with Gasteiger partial charge < -0.3 is 14.7 Å². The number of likely N-dealkylation sites (tertiary alicyclic amines) is 1. The van der Waals surface area contributed by atoms with Crippen LogP contribution in [0.2, 0.25) is 0 Å². The Kier molecular flexibility index (Phi) is 4.12. The zero-order valence-corrected chi connectivity index (χ0v) is 10.9. The van der Waals surface area contributed by atoms with Crippen LogP contribution in [0.15, 0.2) is 4.52 Å². The Morgan fingerprint density at radius 1 is 1.47 bits per heavy atom. The number of nitrogens with one attached hydrogen (secondary N) is 1. The van der Waals surface area contributed by atoms with Gasteiger partial charge >= 0.3 is 0 Å². The molecule has 1 aliphatic heterocycles. The second-order valence-electron chi connectivity index (χ2n) is 5.05. The quantitative estimate of drug-likeness (QED) is 0.854.